The number of H-pyrrole nitrogens is 1. The Bertz CT molecular complexity index is 522. The lowest BCUT2D eigenvalue weighted by molar-refractivity contribution is 0.530. The summed E-state index contributed by atoms with van der Waals surface area (Å²) < 4.78 is 27.4. The van der Waals surface area contributed by atoms with Crippen LogP contribution in [0, 0.1) is 0 Å². The maximum Gasteiger partial charge on any atom is 0.258 e. The third-order valence-corrected chi connectivity index (χ3v) is 5.06. The van der Waals surface area contributed by atoms with E-state index in [4.69, 9.17) is 0 Å². The lowest BCUT2D eigenvalue weighted by Gasteiger charge is -2.13. The van der Waals surface area contributed by atoms with Crippen LogP contribution in [0.3, 0.4) is 0 Å². The van der Waals surface area contributed by atoms with Gasteiger partial charge in [0.15, 0.2) is 5.03 Å². The molecule has 0 amide bonds. The summed E-state index contributed by atoms with van der Waals surface area (Å²) in [5.74, 6) is 0. The van der Waals surface area contributed by atoms with E-state index < -0.39 is 10.0 Å². The van der Waals surface area contributed by atoms with Crippen LogP contribution >= 0.6 is 0 Å². The minimum Gasteiger partial charge on any atom is -0.310 e. The van der Waals surface area contributed by atoms with Gasteiger partial charge in [-0.15, -0.1) is 0 Å². The van der Waals surface area contributed by atoms with Crippen molar-refractivity contribution in [3.8, 4) is 0 Å². The molecule has 0 bridgehead atoms. The number of nitrogens with zero attached hydrogens (tertiary/aromatic N) is 1. The van der Waals surface area contributed by atoms with Gasteiger partial charge < -0.3 is 5.32 Å². The monoisotopic (exact) mass is 300 g/mol. The van der Waals surface area contributed by atoms with Gasteiger partial charge in [-0.05, 0) is 26.2 Å². The summed E-state index contributed by atoms with van der Waals surface area (Å²) in [7, 11) is -3.51. The van der Waals surface area contributed by atoms with Gasteiger partial charge in [0.2, 0.25) is 0 Å². The molecule has 0 radical (unpaired) electrons. The van der Waals surface area contributed by atoms with E-state index in [9.17, 15) is 8.42 Å². The second kappa shape index (κ2) is 6.69. The Hall–Kier alpha value is -0.920. The second-order valence-electron chi connectivity index (χ2n) is 5.54. The fourth-order valence-electron chi connectivity index (χ4n) is 2.09. The van der Waals surface area contributed by atoms with Gasteiger partial charge in [0.05, 0.1) is 6.20 Å². The molecular formula is C13H24N4O2S. The molecule has 0 spiro atoms. The minimum absolute atomic E-state index is 0.0625. The van der Waals surface area contributed by atoms with Crippen molar-refractivity contribution >= 4 is 10.0 Å². The average Bonchev–Trinajstić information content (AvgIpc) is 3.09. The van der Waals surface area contributed by atoms with Crippen molar-refractivity contribution in [2.75, 3.05) is 0 Å². The smallest absolute Gasteiger partial charge is 0.258 e. The molecule has 0 saturated heterocycles. The Kier molecular flexibility index (Phi) is 5.17. The highest BCUT2D eigenvalue weighted by Gasteiger charge is 2.25. The summed E-state index contributed by atoms with van der Waals surface area (Å²) in [4.78, 5) is 0. The first-order valence-electron chi connectivity index (χ1n) is 7.31. The van der Waals surface area contributed by atoms with E-state index in [1.165, 1.54) is 12.8 Å². The lowest BCUT2D eigenvalue weighted by Crippen LogP contribution is -2.33. The van der Waals surface area contributed by atoms with Crippen LogP contribution in [0.4, 0.5) is 0 Å². The fraction of sp³-hybridized carbons (Fsp3) is 0.769. The standard InChI is InChI=1S/C13H24N4O2S/c1-3-4-5-10(2)17-20(18,19)13-11(9-15-16-13)8-14-12-6-7-12/h9-10,12,14,17H,3-8H2,1-2H3,(H,15,16). The van der Waals surface area contributed by atoms with E-state index in [1.807, 2.05) is 6.92 Å². The van der Waals surface area contributed by atoms with Gasteiger partial charge in [-0.2, -0.15) is 5.10 Å². The van der Waals surface area contributed by atoms with Crippen molar-refractivity contribution in [1.82, 2.24) is 20.2 Å². The molecule has 3 N–H and O–H groups in total. The van der Waals surface area contributed by atoms with Crippen LogP contribution in [0.15, 0.2) is 11.2 Å². The molecule has 20 heavy (non-hydrogen) atoms. The third kappa shape index (κ3) is 4.29. The highest BCUT2D eigenvalue weighted by molar-refractivity contribution is 7.89. The number of hydrogen-bond acceptors (Lipinski definition) is 4. The molecule has 1 aromatic rings. The number of aromatic amines is 1. The minimum atomic E-state index is -3.51. The highest BCUT2D eigenvalue weighted by Crippen LogP contribution is 2.20. The van der Waals surface area contributed by atoms with E-state index in [1.54, 1.807) is 6.20 Å². The molecule has 114 valence electrons. The summed E-state index contributed by atoms with van der Waals surface area (Å²) in [5.41, 5.74) is 0.701. The van der Waals surface area contributed by atoms with E-state index in [0.717, 1.165) is 19.3 Å². The van der Waals surface area contributed by atoms with Crippen LogP contribution in [-0.2, 0) is 16.6 Å². The molecule has 0 aromatic carbocycles. The molecule has 1 heterocycles. The summed E-state index contributed by atoms with van der Waals surface area (Å²) >= 11 is 0. The number of sulfonamides is 1. The van der Waals surface area contributed by atoms with Crippen molar-refractivity contribution in [1.29, 1.82) is 0 Å². The van der Waals surface area contributed by atoms with Gasteiger partial charge in [-0.3, -0.25) is 5.10 Å². The normalized spacial score (nSPS) is 17.3. The summed E-state index contributed by atoms with van der Waals surface area (Å²) in [6, 6.07) is 0.476. The van der Waals surface area contributed by atoms with E-state index in [0.29, 0.717) is 18.2 Å². The zero-order valence-electron chi connectivity index (χ0n) is 12.1. The molecule has 7 heteroatoms. The predicted molar refractivity (Wildman–Crippen MR) is 77.8 cm³/mol. The Morgan fingerprint density at radius 3 is 2.90 bits per heavy atom. The Morgan fingerprint density at radius 1 is 1.50 bits per heavy atom. The van der Waals surface area contributed by atoms with Crippen molar-refractivity contribution in [3.63, 3.8) is 0 Å². The number of rotatable bonds is 9. The van der Waals surface area contributed by atoms with Crippen molar-refractivity contribution < 1.29 is 8.42 Å². The molecule has 2 rings (SSSR count). The predicted octanol–water partition coefficient (Wildman–Crippen LogP) is 1.52. The SMILES string of the molecule is CCCCC(C)NS(=O)(=O)c1[nH]ncc1CNC1CC1. The number of nitrogens with one attached hydrogen (secondary N) is 3. The largest absolute Gasteiger partial charge is 0.310 e. The quantitative estimate of drug-likeness (QED) is 0.645. The van der Waals surface area contributed by atoms with E-state index >= 15 is 0 Å². The van der Waals surface area contributed by atoms with E-state index in [-0.39, 0.29) is 11.1 Å². The summed E-state index contributed by atoms with van der Waals surface area (Å²) in [5, 5.41) is 9.98. The molecular weight excluding hydrogens is 276 g/mol. The molecule has 1 fully saturated rings. The molecule has 1 saturated carbocycles. The van der Waals surface area contributed by atoms with Gasteiger partial charge in [0.25, 0.3) is 10.0 Å². The van der Waals surface area contributed by atoms with E-state index in [2.05, 4.69) is 27.2 Å². The van der Waals surface area contributed by atoms with Crippen LogP contribution in [-0.4, -0.2) is 30.7 Å². The van der Waals surface area contributed by atoms with Crippen molar-refractivity contribution in [2.45, 2.75) is 69.6 Å². The fourth-order valence-corrected chi connectivity index (χ4v) is 3.50. The first-order valence-corrected chi connectivity index (χ1v) is 8.79. The first-order chi connectivity index (χ1) is 9.53. The van der Waals surface area contributed by atoms with Crippen LogP contribution in [0.1, 0.15) is 51.5 Å². The molecule has 1 atom stereocenters. The van der Waals surface area contributed by atoms with Crippen LogP contribution in [0.25, 0.3) is 0 Å². The topological polar surface area (TPSA) is 86.9 Å². The van der Waals surface area contributed by atoms with Crippen LogP contribution in [0.5, 0.6) is 0 Å². The maximum absolute atomic E-state index is 12.3. The van der Waals surface area contributed by atoms with Crippen LogP contribution in [0.2, 0.25) is 0 Å². The second-order valence-corrected chi connectivity index (χ2v) is 7.19. The number of aromatic nitrogens is 2. The highest BCUT2D eigenvalue weighted by atomic mass is 32.2. The van der Waals surface area contributed by atoms with Gasteiger partial charge in [0, 0.05) is 24.2 Å². The molecule has 1 aliphatic carbocycles. The van der Waals surface area contributed by atoms with Crippen molar-refractivity contribution in [2.24, 2.45) is 0 Å². The summed E-state index contributed by atoms with van der Waals surface area (Å²) in [6.45, 7) is 4.53. The van der Waals surface area contributed by atoms with Crippen LogP contribution < -0.4 is 10.0 Å². The van der Waals surface area contributed by atoms with Gasteiger partial charge in [0.1, 0.15) is 0 Å². The van der Waals surface area contributed by atoms with Gasteiger partial charge in [-0.25, -0.2) is 13.1 Å². The molecule has 0 aliphatic heterocycles. The third-order valence-electron chi connectivity index (χ3n) is 3.45. The average molecular weight is 300 g/mol. The zero-order chi connectivity index (χ0) is 14.6. The van der Waals surface area contributed by atoms with Gasteiger partial charge in [-0.1, -0.05) is 19.8 Å². The molecule has 6 nitrogen and oxygen atoms in total. The number of hydrogen-bond donors (Lipinski definition) is 3. The number of unbranched alkanes of at least 4 members (excludes halogenated alkanes) is 1. The first kappa shape index (κ1) is 15.5. The Labute approximate surface area is 120 Å². The summed E-state index contributed by atoms with van der Waals surface area (Å²) in [6.07, 6.45) is 6.86. The Balaban J connectivity index is 1.98. The Morgan fingerprint density at radius 2 is 2.25 bits per heavy atom. The zero-order valence-corrected chi connectivity index (χ0v) is 13.0. The molecule has 1 aromatic heterocycles. The maximum atomic E-state index is 12.3. The lowest BCUT2D eigenvalue weighted by atomic mass is 10.2. The van der Waals surface area contributed by atoms with Gasteiger partial charge >= 0.3 is 0 Å². The molecule has 1 unspecified atom stereocenters. The molecule has 1 aliphatic rings. The van der Waals surface area contributed by atoms with Crippen molar-refractivity contribution in [3.05, 3.63) is 11.8 Å².